The second-order valence-electron chi connectivity index (χ2n) is 6.37. The van der Waals surface area contributed by atoms with Crippen molar-refractivity contribution in [3.8, 4) is 5.75 Å². The van der Waals surface area contributed by atoms with Crippen molar-refractivity contribution in [2.45, 2.75) is 0 Å². The minimum atomic E-state index is -0.225. The van der Waals surface area contributed by atoms with Crippen LogP contribution in [-0.4, -0.2) is 49.1 Å². The topological polar surface area (TPSA) is 48.6 Å². The normalized spacial score (nSPS) is 14.7. The summed E-state index contributed by atoms with van der Waals surface area (Å²) in [5.74, 6) is 0.499. The lowest BCUT2D eigenvalue weighted by atomic mass is 10.2. The van der Waals surface area contributed by atoms with E-state index >= 15 is 0 Å². The second-order valence-corrected chi connectivity index (χ2v) is 6.37. The molecule has 1 aliphatic rings. The Morgan fingerprint density at radius 3 is 2.58 bits per heavy atom. The maximum absolute atomic E-state index is 13.9. The number of fused-ring (bicyclic) bond motifs is 1. The van der Waals surface area contributed by atoms with Crippen LogP contribution in [0.5, 0.6) is 5.75 Å². The van der Waals surface area contributed by atoms with Crippen molar-refractivity contribution in [2.75, 3.05) is 38.2 Å². The smallest absolute Gasteiger partial charge is 0.270 e. The van der Waals surface area contributed by atoms with Gasteiger partial charge in [-0.25, -0.2) is 4.39 Å². The number of hydrogen-bond acceptors (Lipinski definition) is 3. The van der Waals surface area contributed by atoms with Crippen LogP contribution in [0.4, 0.5) is 10.1 Å². The summed E-state index contributed by atoms with van der Waals surface area (Å²) in [6.07, 6.45) is 0. The first-order valence-corrected chi connectivity index (χ1v) is 8.61. The molecule has 0 spiro atoms. The van der Waals surface area contributed by atoms with Crippen molar-refractivity contribution in [1.29, 1.82) is 0 Å². The van der Waals surface area contributed by atoms with E-state index in [1.54, 1.807) is 24.1 Å². The van der Waals surface area contributed by atoms with Gasteiger partial charge in [-0.2, -0.15) is 0 Å². The molecule has 0 unspecified atom stereocenters. The lowest BCUT2D eigenvalue weighted by Crippen LogP contribution is -2.49. The Morgan fingerprint density at radius 1 is 1.08 bits per heavy atom. The molecule has 5 nitrogen and oxygen atoms in total. The summed E-state index contributed by atoms with van der Waals surface area (Å²) in [5.41, 5.74) is 2.06. The second kappa shape index (κ2) is 6.71. The summed E-state index contributed by atoms with van der Waals surface area (Å²) in [7, 11) is 1.62. The molecule has 1 saturated heterocycles. The van der Waals surface area contributed by atoms with Gasteiger partial charge in [0.05, 0.1) is 12.8 Å². The first kappa shape index (κ1) is 16.4. The fourth-order valence-corrected chi connectivity index (χ4v) is 3.38. The number of nitrogens with one attached hydrogen (secondary N) is 1. The largest absolute Gasteiger partial charge is 0.497 e. The summed E-state index contributed by atoms with van der Waals surface area (Å²) in [6.45, 7) is 2.35. The minimum Gasteiger partial charge on any atom is -0.497 e. The average molecular weight is 353 g/mol. The third-order valence-electron chi connectivity index (χ3n) is 4.82. The van der Waals surface area contributed by atoms with Gasteiger partial charge in [0, 0.05) is 37.1 Å². The molecule has 1 amide bonds. The zero-order valence-corrected chi connectivity index (χ0v) is 14.5. The number of nitrogens with zero attached hydrogens (tertiary/aromatic N) is 2. The number of piperazine rings is 1. The number of hydrogen-bond donors (Lipinski definition) is 1. The summed E-state index contributed by atoms with van der Waals surface area (Å²) < 4.78 is 19.2. The van der Waals surface area contributed by atoms with Crippen molar-refractivity contribution in [3.05, 3.63) is 60.0 Å². The molecular weight excluding hydrogens is 333 g/mol. The molecule has 0 atom stereocenters. The molecule has 0 aliphatic carbocycles. The van der Waals surface area contributed by atoms with E-state index in [-0.39, 0.29) is 11.7 Å². The Kier molecular flexibility index (Phi) is 4.24. The van der Waals surface area contributed by atoms with Gasteiger partial charge < -0.3 is 19.5 Å². The number of H-pyrrole nitrogens is 1. The molecule has 4 rings (SSSR count). The summed E-state index contributed by atoms with van der Waals surface area (Å²) >= 11 is 0. The molecule has 1 fully saturated rings. The van der Waals surface area contributed by atoms with E-state index in [2.05, 4.69) is 4.98 Å². The van der Waals surface area contributed by atoms with Gasteiger partial charge >= 0.3 is 0 Å². The number of aromatic nitrogens is 1. The number of carbonyl (C=O) groups excluding carboxylic acids is 1. The summed E-state index contributed by atoms with van der Waals surface area (Å²) in [6, 6.07) is 14.3. The number of halogens is 1. The lowest BCUT2D eigenvalue weighted by Gasteiger charge is -2.36. The first-order valence-electron chi connectivity index (χ1n) is 8.61. The number of carbonyl (C=O) groups is 1. The van der Waals surface area contributed by atoms with Crippen LogP contribution >= 0.6 is 0 Å². The molecule has 2 aromatic carbocycles. The molecule has 1 N–H and O–H groups in total. The van der Waals surface area contributed by atoms with Crippen LogP contribution in [0.25, 0.3) is 10.9 Å². The quantitative estimate of drug-likeness (QED) is 0.786. The molecule has 0 bridgehead atoms. The minimum absolute atomic E-state index is 0.0339. The molecule has 134 valence electrons. The van der Waals surface area contributed by atoms with Crippen LogP contribution < -0.4 is 9.64 Å². The number of methoxy groups -OCH3 is 1. The van der Waals surface area contributed by atoms with E-state index in [4.69, 9.17) is 4.74 Å². The van der Waals surface area contributed by atoms with E-state index in [0.717, 1.165) is 16.7 Å². The Balaban J connectivity index is 1.47. The molecule has 0 saturated carbocycles. The third kappa shape index (κ3) is 2.98. The molecule has 6 heteroatoms. The lowest BCUT2D eigenvalue weighted by molar-refractivity contribution is 0.0741. The van der Waals surface area contributed by atoms with Gasteiger partial charge in [0.1, 0.15) is 17.3 Å². The molecule has 1 aliphatic heterocycles. The van der Waals surface area contributed by atoms with Gasteiger partial charge in [-0.05, 0) is 36.4 Å². The number of ether oxygens (including phenoxy) is 1. The molecular formula is C20H20FN3O2. The van der Waals surface area contributed by atoms with Crippen LogP contribution in [0.3, 0.4) is 0 Å². The highest BCUT2D eigenvalue weighted by Gasteiger charge is 2.24. The molecule has 1 aromatic heterocycles. The van der Waals surface area contributed by atoms with E-state index in [1.165, 1.54) is 6.07 Å². The highest BCUT2D eigenvalue weighted by Crippen LogP contribution is 2.23. The number of para-hydroxylation sites is 1. The molecule has 3 aromatic rings. The van der Waals surface area contributed by atoms with E-state index < -0.39 is 0 Å². The van der Waals surface area contributed by atoms with Crippen molar-refractivity contribution in [3.63, 3.8) is 0 Å². The molecule has 26 heavy (non-hydrogen) atoms. The van der Waals surface area contributed by atoms with Gasteiger partial charge in [0.25, 0.3) is 5.91 Å². The third-order valence-corrected chi connectivity index (χ3v) is 4.82. The van der Waals surface area contributed by atoms with Crippen molar-refractivity contribution < 1.29 is 13.9 Å². The van der Waals surface area contributed by atoms with Crippen LogP contribution in [0.15, 0.2) is 48.5 Å². The zero-order chi connectivity index (χ0) is 18.1. The van der Waals surface area contributed by atoms with E-state index in [9.17, 15) is 9.18 Å². The summed E-state index contributed by atoms with van der Waals surface area (Å²) in [4.78, 5) is 19.8. The fraction of sp³-hybridized carbons (Fsp3) is 0.250. The Labute approximate surface area is 151 Å². The van der Waals surface area contributed by atoms with Gasteiger partial charge in [0.2, 0.25) is 0 Å². The average Bonchev–Trinajstić information content (AvgIpc) is 3.11. The Hall–Kier alpha value is -3.02. The number of benzene rings is 2. The van der Waals surface area contributed by atoms with Crippen LogP contribution in [0.1, 0.15) is 10.5 Å². The predicted molar refractivity (Wildman–Crippen MR) is 99.4 cm³/mol. The highest BCUT2D eigenvalue weighted by molar-refractivity contribution is 5.98. The van der Waals surface area contributed by atoms with Crippen molar-refractivity contribution >= 4 is 22.5 Å². The van der Waals surface area contributed by atoms with E-state index in [0.29, 0.717) is 37.6 Å². The SMILES string of the molecule is COc1ccc2[nH]c(C(=O)N3CCN(c4ccccc4F)CC3)cc2c1. The Morgan fingerprint density at radius 2 is 1.85 bits per heavy atom. The maximum Gasteiger partial charge on any atom is 0.270 e. The Bertz CT molecular complexity index is 945. The first-order chi connectivity index (χ1) is 12.7. The highest BCUT2D eigenvalue weighted by atomic mass is 19.1. The van der Waals surface area contributed by atoms with Crippen molar-refractivity contribution in [1.82, 2.24) is 9.88 Å². The molecule has 2 heterocycles. The van der Waals surface area contributed by atoms with Gasteiger partial charge in [-0.1, -0.05) is 12.1 Å². The van der Waals surface area contributed by atoms with Gasteiger partial charge in [-0.15, -0.1) is 0 Å². The maximum atomic E-state index is 13.9. The van der Waals surface area contributed by atoms with Crippen LogP contribution in [0.2, 0.25) is 0 Å². The number of amides is 1. The van der Waals surface area contributed by atoms with E-state index in [1.807, 2.05) is 35.2 Å². The fourth-order valence-electron chi connectivity index (χ4n) is 3.38. The number of anilines is 1. The van der Waals surface area contributed by atoms with Crippen LogP contribution in [0, 0.1) is 5.82 Å². The van der Waals surface area contributed by atoms with Crippen LogP contribution in [-0.2, 0) is 0 Å². The predicted octanol–water partition coefficient (Wildman–Crippen LogP) is 3.28. The molecule has 0 radical (unpaired) electrons. The zero-order valence-electron chi connectivity index (χ0n) is 14.5. The van der Waals surface area contributed by atoms with Gasteiger partial charge in [0.15, 0.2) is 0 Å². The standard InChI is InChI=1S/C20H20FN3O2/c1-26-15-6-7-17-14(12-15)13-18(22-17)20(25)24-10-8-23(9-11-24)19-5-3-2-4-16(19)21/h2-7,12-13,22H,8-11H2,1H3. The van der Waals surface area contributed by atoms with Crippen molar-refractivity contribution in [2.24, 2.45) is 0 Å². The number of aromatic amines is 1. The monoisotopic (exact) mass is 353 g/mol. The summed E-state index contributed by atoms with van der Waals surface area (Å²) in [5, 5.41) is 0.942. The number of rotatable bonds is 3. The van der Waals surface area contributed by atoms with Gasteiger partial charge in [-0.3, -0.25) is 4.79 Å².